The summed E-state index contributed by atoms with van der Waals surface area (Å²) in [4.78, 5) is 18.6. The van der Waals surface area contributed by atoms with Crippen molar-refractivity contribution in [3.8, 4) is 11.3 Å². The lowest BCUT2D eigenvalue weighted by Crippen LogP contribution is -2.56. The predicted molar refractivity (Wildman–Crippen MR) is 89.0 cm³/mol. The zero-order valence-corrected chi connectivity index (χ0v) is 14.0. The summed E-state index contributed by atoms with van der Waals surface area (Å²) in [7, 11) is 0. The third-order valence-corrected chi connectivity index (χ3v) is 4.23. The predicted octanol–water partition coefficient (Wildman–Crippen LogP) is 2.95. The first-order valence-electron chi connectivity index (χ1n) is 7.77. The molecule has 0 radical (unpaired) electrons. The molecule has 2 aromatic rings. The molecule has 1 aromatic carbocycles. The standard InChI is InChI=1S/C17H20ClN3O2/c1-11(2)16-17(22)19-6-7-21(16)10-15-20-9-14(23-15)12-4-3-5-13(18)8-12/h3-5,8-9,11,16H,6-7,10H2,1-2H3,(H,19,22). The molecule has 0 saturated carbocycles. The zero-order valence-electron chi connectivity index (χ0n) is 13.3. The Balaban J connectivity index is 1.77. The lowest BCUT2D eigenvalue weighted by atomic mass is 10.00. The number of amides is 1. The van der Waals surface area contributed by atoms with Gasteiger partial charge in [0.15, 0.2) is 5.76 Å². The quantitative estimate of drug-likeness (QED) is 0.934. The molecule has 5 nitrogen and oxygen atoms in total. The van der Waals surface area contributed by atoms with Crippen LogP contribution < -0.4 is 5.32 Å². The van der Waals surface area contributed by atoms with Crippen LogP contribution in [0.4, 0.5) is 0 Å². The molecule has 1 aromatic heterocycles. The molecular formula is C17H20ClN3O2. The molecule has 0 bridgehead atoms. The van der Waals surface area contributed by atoms with E-state index in [0.29, 0.717) is 29.8 Å². The van der Waals surface area contributed by atoms with Gasteiger partial charge in [-0.15, -0.1) is 0 Å². The summed E-state index contributed by atoms with van der Waals surface area (Å²) in [5, 5.41) is 3.58. The fourth-order valence-electron chi connectivity index (χ4n) is 2.97. The number of piperazine rings is 1. The average Bonchev–Trinajstić information content (AvgIpc) is 2.95. The number of rotatable bonds is 4. The molecule has 3 rings (SSSR count). The van der Waals surface area contributed by atoms with Crippen LogP contribution in [0.1, 0.15) is 19.7 Å². The van der Waals surface area contributed by atoms with E-state index in [4.69, 9.17) is 16.0 Å². The zero-order chi connectivity index (χ0) is 16.4. The van der Waals surface area contributed by atoms with Crippen molar-refractivity contribution in [2.75, 3.05) is 13.1 Å². The topological polar surface area (TPSA) is 58.4 Å². The first kappa shape index (κ1) is 16.0. The number of nitrogens with one attached hydrogen (secondary N) is 1. The Hall–Kier alpha value is -1.85. The Labute approximate surface area is 140 Å². The smallest absolute Gasteiger partial charge is 0.237 e. The molecule has 0 spiro atoms. The molecule has 6 heteroatoms. The molecule has 1 fully saturated rings. The maximum atomic E-state index is 12.1. The number of benzene rings is 1. The van der Waals surface area contributed by atoms with Crippen LogP contribution in [0.15, 0.2) is 34.9 Å². The highest BCUT2D eigenvalue weighted by Crippen LogP contribution is 2.25. The molecule has 23 heavy (non-hydrogen) atoms. The fraction of sp³-hybridized carbons (Fsp3) is 0.412. The molecule has 1 amide bonds. The van der Waals surface area contributed by atoms with E-state index in [2.05, 4.69) is 29.0 Å². The van der Waals surface area contributed by atoms with Crippen LogP contribution in [0, 0.1) is 5.92 Å². The SMILES string of the molecule is CC(C)C1C(=O)NCCN1Cc1ncc(-c2cccc(Cl)c2)o1. The van der Waals surface area contributed by atoms with Gasteiger partial charge in [-0.2, -0.15) is 0 Å². The van der Waals surface area contributed by atoms with Crippen molar-refractivity contribution in [2.24, 2.45) is 5.92 Å². The van der Waals surface area contributed by atoms with Gasteiger partial charge in [-0.05, 0) is 18.1 Å². The molecule has 122 valence electrons. The summed E-state index contributed by atoms with van der Waals surface area (Å²) in [6.07, 6.45) is 1.70. The molecule has 1 aliphatic heterocycles. The van der Waals surface area contributed by atoms with E-state index in [0.717, 1.165) is 12.1 Å². The van der Waals surface area contributed by atoms with Crippen LogP contribution in [0.3, 0.4) is 0 Å². The number of hydrogen-bond acceptors (Lipinski definition) is 4. The summed E-state index contributed by atoms with van der Waals surface area (Å²) in [6.45, 7) is 6.08. The minimum Gasteiger partial charge on any atom is -0.439 e. The number of oxazole rings is 1. The van der Waals surface area contributed by atoms with Gasteiger partial charge in [-0.25, -0.2) is 4.98 Å². The van der Waals surface area contributed by atoms with Gasteiger partial charge >= 0.3 is 0 Å². The second kappa shape index (κ2) is 6.72. The summed E-state index contributed by atoms with van der Waals surface area (Å²) in [6, 6.07) is 7.33. The number of carbonyl (C=O) groups is 1. The maximum absolute atomic E-state index is 12.1. The van der Waals surface area contributed by atoms with E-state index < -0.39 is 0 Å². The average molecular weight is 334 g/mol. The number of carbonyl (C=O) groups excluding carboxylic acids is 1. The van der Waals surface area contributed by atoms with E-state index in [1.807, 2.05) is 24.3 Å². The molecule has 2 heterocycles. The highest BCUT2D eigenvalue weighted by Gasteiger charge is 2.32. The third-order valence-electron chi connectivity index (χ3n) is 3.99. The van der Waals surface area contributed by atoms with Crippen molar-refractivity contribution in [1.82, 2.24) is 15.2 Å². The third kappa shape index (κ3) is 3.57. The van der Waals surface area contributed by atoms with Crippen molar-refractivity contribution < 1.29 is 9.21 Å². The van der Waals surface area contributed by atoms with E-state index >= 15 is 0 Å². The van der Waals surface area contributed by atoms with Gasteiger partial charge in [0.05, 0.1) is 18.8 Å². The minimum atomic E-state index is -0.148. The molecule has 1 saturated heterocycles. The van der Waals surface area contributed by atoms with Crippen LogP contribution in [-0.2, 0) is 11.3 Å². The highest BCUT2D eigenvalue weighted by atomic mass is 35.5. The van der Waals surface area contributed by atoms with E-state index in [-0.39, 0.29) is 17.9 Å². The van der Waals surface area contributed by atoms with Crippen LogP contribution in [0.25, 0.3) is 11.3 Å². The van der Waals surface area contributed by atoms with Crippen molar-refractivity contribution >= 4 is 17.5 Å². The minimum absolute atomic E-state index is 0.0767. The van der Waals surface area contributed by atoms with Crippen molar-refractivity contribution in [2.45, 2.75) is 26.4 Å². The van der Waals surface area contributed by atoms with Gasteiger partial charge in [-0.1, -0.05) is 37.6 Å². The summed E-state index contributed by atoms with van der Waals surface area (Å²) >= 11 is 6.01. The summed E-state index contributed by atoms with van der Waals surface area (Å²) in [5.74, 6) is 1.61. The monoisotopic (exact) mass is 333 g/mol. The summed E-state index contributed by atoms with van der Waals surface area (Å²) < 4.78 is 5.85. The number of hydrogen-bond donors (Lipinski definition) is 1. The number of aromatic nitrogens is 1. The Morgan fingerprint density at radius 2 is 2.30 bits per heavy atom. The Morgan fingerprint density at radius 1 is 1.48 bits per heavy atom. The summed E-state index contributed by atoms with van der Waals surface area (Å²) in [5.41, 5.74) is 0.896. The first-order valence-corrected chi connectivity index (χ1v) is 8.15. The second-order valence-electron chi connectivity index (χ2n) is 6.08. The molecule has 1 aliphatic rings. The Morgan fingerprint density at radius 3 is 3.04 bits per heavy atom. The first-order chi connectivity index (χ1) is 11.0. The molecule has 1 N–H and O–H groups in total. The van der Waals surface area contributed by atoms with Gasteiger partial charge in [0.2, 0.25) is 11.8 Å². The van der Waals surface area contributed by atoms with Crippen molar-refractivity contribution in [1.29, 1.82) is 0 Å². The van der Waals surface area contributed by atoms with Crippen molar-refractivity contribution in [3.63, 3.8) is 0 Å². The van der Waals surface area contributed by atoms with E-state index in [1.54, 1.807) is 6.20 Å². The van der Waals surface area contributed by atoms with E-state index in [1.165, 1.54) is 0 Å². The van der Waals surface area contributed by atoms with E-state index in [9.17, 15) is 4.79 Å². The van der Waals surface area contributed by atoms with Gasteiger partial charge in [-0.3, -0.25) is 9.69 Å². The lowest BCUT2D eigenvalue weighted by Gasteiger charge is -2.36. The Bertz CT molecular complexity index is 699. The molecule has 1 atom stereocenters. The van der Waals surface area contributed by atoms with Gasteiger partial charge in [0.1, 0.15) is 0 Å². The van der Waals surface area contributed by atoms with Crippen LogP contribution in [0.2, 0.25) is 5.02 Å². The fourth-order valence-corrected chi connectivity index (χ4v) is 3.16. The second-order valence-corrected chi connectivity index (χ2v) is 6.52. The number of halogens is 1. The van der Waals surface area contributed by atoms with Gasteiger partial charge < -0.3 is 9.73 Å². The maximum Gasteiger partial charge on any atom is 0.237 e. The van der Waals surface area contributed by atoms with Gasteiger partial charge in [0.25, 0.3) is 0 Å². The van der Waals surface area contributed by atoms with Crippen molar-refractivity contribution in [3.05, 3.63) is 41.4 Å². The van der Waals surface area contributed by atoms with Crippen LogP contribution in [0.5, 0.6) is 0 Å². The molecular weight excluding hydrogens is 314 g/mol. The Kier molecular flexibility index (Phi) is 4.68. The number of nitrogens with zero attached hydrogens (tertiary/aromatic N) is 2. The van der Waals surface area contributed by atoms with Crippen LogP contribution in [-0.4, -0.2) is 34.9 Å². The lowest BCUT2D eigenvalue weighted by molar-refractivity contribution is -0.131. The largest absolute Gasteiger partial charge is 0.439 e. The highest BCUT2D eigenvalue weighted by molar-refractivity contribution is 6.30. The van der Waals surface area contributed by atoms with Crippen LogP contribution >= 0.6 is 11.6 Å². The molecule has 1 unspecified atom stereocenters. The normalized spacial score (nSPS) is 19.1. The molecule has 0 aliphatic carbocycles. The van der Waals surface area contributed by atoms with Gasteiger partial charge in [0, 0.05) is 23.7 Å².